The van der Waals surface area contributed by atoms with Crippen LogP contribution in [0.3, 0.4) is 0 Å². The van der Waals surface area contributed by atoms with Gasteiger partial charge in [0.25, 0.3) is 0 Å². The van der Waals surface area contributed by atoms with Crippen molar-refractivity contribution in [3.8, 4) is 0 Å². The third kappa shape index (κ3) is 3.40. The second kappa shape index (κ2) is 6.74. The highest BCUT2D eigenvalue weighted by Crippen LogP contribution is 2.18. The number of benzene rings is 1. The second-order valence-corrected chi connectivity index (χ2v) is 5.87. The monoisotopic (exact) mass is 329 g/mol. The molecule has 3 rings (SSSR count). The van der Waals surface area contributed by atoms with Crippen molar-refractivity contribution < 1.29 is 14.0 Å². The van der Waals surface area contributed by atoms with Crippen LogP contribution in [0.2, 0.25) is 0 Å². The second-order valence-electron chi connectivity index (χ2n) is 5.87. The lowest BCUT2D eigenvalue weighted by atomic mass is 9.95. The minimum atomic E-state index is -0.494. The van der Waals surface area contributed by atoms with Crippen molar-refractivity contribution in [1.29, 1.82) is 0 Å². The predicted octanol–water partition coefficient (Wildman–Crippen LogP) is 1.16. The van der Waals surface area contributed by atoms with E-state index in [2.05, 4.69) is 16.9 Å². The molecular formula is C17H19N3O4. The zero-order valence-corrected chi connectivity index (χ0v) is 13.2. The lowest BCUT2D eigenvalue weighted by molar-refractivity contribution is -0.132. The molecule has 1 aromatic carbocycles. The molecule has 2 N–H and O–H groups in total. The molecule has 0 unspecified atom stereocenters. The van der Waals surface area contributed by atoms with Crippen molar-refractivity contribution >= 4 is 22.9 Å². The highest BCUT2D eigenvalue weighted by atomic mass is 16.4. The summed E-state index contributed by atoms with van der Waals surface area (Å²) in [5, 5.41) is 2.91. The Kier molecular flexibility index (Phi) is 4.50. The summed E-state index contributed by atoms with van der Waals surface area (Å²) < 4.78 is 4.94. The number of rotatable bonds is 4. The Balaban J connectivity index is 1.54. The molecule has 0 bridgehead atoms. The SMILES string of the molecule is C=CC(=O)N1CCC(C(=O)NCc2ccc3oc(=O)[nH]c3c2)CC1. The molecule has 1 aromatic heterocycles. The molecule has 0 aliphatic carbocycles. The summed E-state index contributed by atoms with van der Waals surface area (Å²) in [5.74, 6) is -0.680. The molecule has 2 aromatic rings. The Morgan fingerprint density at radius 2 is 2.12 bits per heavy atom. The quantitative estimate of drug-likeness (QED) is 0.823. The number of likely N-dealkylation sites (tertiary alicyclic amines) is 1. The van der Waals surface area contributed by atoms with Crippen LogP contribution in [0.15, 0.2) is 40.1 Å². The number of fused-ring (bicyclic) bond motifs is 1. The first-order valence-corrected chi connectivity index (χ1v) is 7.87. The zero-order valence-electron chi connectivity index (χ0n) is 13.2. The first-order valence-electron chi connectivity index (χ1n) is 7.87. The highest BCUT2D eigenvalue weighted by molar-refractivity contribution is 5.87. The molecule has 0 spiro atoms. The van der Waals surface area contributed by atoms with Crippen LogP contribution in [0.25, 0.3) is 11.1 Å². The molecule has 2 heterocycles. The van der Waals surface area contributed by atoms with E-state index >= 15 is 0 Å². The Morgan fingerprint density at radius 3 is 2.83 bits per heavy atom. The van der Waals surface area contributed by atoms with Crippen molar-refractivity contribution in [2.24, 2.45) is 5.92 Å². The van der Waals surface area contributed by atoms with E-state index in [-0.39, 0.29) is 17.7 Å². The van der Waals surface area contributed by atoms with E-state index in [0.717, 1.165) is 5.56 Å². The molecular weight excluding hydrogens is 310 g/mol. The molecule has 0 radical (unpaired) electrons. The van der Waals surface area contributed by atoms with E-state index in [1.54, 1.807) is 17.0 Å². The average Bonchev–Trinajstić information content (AvgIpc) is 2.98. The summed E-state index contributed by atoms with van der Waals surface area (Å²) in [4.78, 5) is 39.3. The summed E-state index contributed by atoms with van der Waals surface area (Å²) in [6, 6.07) is 5.30. The lowest BCUT2D eigenvalue weighted by Crippen LogP contribution is -2.42. The largest absolute Gasteiger partial charge is 0.417 e. The molecule has 126 valence electrons. The summed E-state index contributed by atoms with van der Waals surface area (Å²) in [7, 11) is 0. The number of piperidine rings is 1. The van der Waals surface area contributed by atoms with Gasteiger partial charge in [0.05, 0.1) is 5.52 Å². The topological polar surface area (TPSA) is 95.4 Å². The zero-order chi connectivity index (χ0) is 17.1. The van der Waals surface area contributed by atoms with Crippen molar-refractivity contribution in [3.05, 3.63) is 47.0 Å². The Bertz CT molecular complexity index is 828. The summed E-state index contributed by atoms with van der Waals surface area (Å²) in [6.07, 6.45) is 2.61. The molecule has 7 nitrogen and oxygen atoms in total. The molecule has 1 aliphatic heterocycles. The molecule has 7 heteroatoms. The predicted molar refractivity (Wildman–Crippen MR) is 88.2 cm³/mol. The lowest BCUT2D eigenvalue weighted by Gasteiger charge is -2.30. The van der Waals surface area contributed by atoms with E-state index in [1.807, 2.05) is 6.07 Å². The maximum Gasteiger partial charge on any atom is 0.417 e. The molecule has 1 saturated heterocycles. The van der Waals surface area contributed by atoms with Crippen LogP contribution in [0.5, 0.6) is 0 Å². The number of hydrogen-bond acceptors (Lipinski definition) is 4. The number of hydrogen-bond donors (Lipinski definition) is 2. The van der Waals surface area contributed by atoms with Gasteiger partial charge in [-0.15, -0.1) is 0 Å². The van der Waals surface area contributed by atoms with Crippen LogP contribution in [0.1, 0.15) is 18.4 Å². The molecule has 24 heavy (non-hydrogen) atoms. The summed E-state index contributed by atoms with van der Waals surface area (Å²) in [5.41, 5.74) is 1.99. The third-order valence-electron chi connectivity index (χ3n) is 4.30. The van der Waals surface area contributed by atoms with E-state index in [4.69, 9.17) is 4.42 Å². The number of aromatic nitrogens is 1. The van der Waals surface area contributed by atoms with Gasteiger partial charge in [-0.05, 0) is 36.6 Å². The number of carbonyl (C=O) groups is 2. The maximum absolute atomic E-state index is 12.3. The number of nitrogens with zero attached hydrogens (tertiary/aromatic N) is 1. The van der Waals surface area contributed by atoms with Crippen LogP contribution in [0.4, 0.5) is 0 Å². The minimum absolute atomic E-state index is 0.0125. The Hall–Kier alpha value is -2.83. The Labute approximate surface area is 138 Å². The van der Waals surface area contributed by atoms with E-state index in [0.29, 0.717) is 43.6 Å². The number of carbonyl (C=O) groups excluding carboxylic acids is 2. The molecule has 2 amide bonds. The summed E-state index contributed by atoms with van der Waals surface area (Å²) in [6.45, 7) is 5.01. The number of nitrogens with one attached hydrogen (secondary N) is 2. The number of amides is 2. The fourth-order valence-electron chi connectivity index (χ4n) is 2.93. The number of aromatic amines is 1. The van der Waals surface area contributed by atoms with Gasteiger partial charge in [0.15, 0.2) is 5.58 Å². The van der Waals surface area contributed by atoms with Crippen molar-refractivity contribution in [2.45, 2.75) is 19.4 Å². The molecule has 1 aliphatic rings. The number of H-pyrrole nitrogens is 1. The van der Waals surface area contributed by atoms with Gasteiger partial charge in [0.2, 0.25) is 11.8 Å². The van der Waals surface area contributed by atoms with Gasteiger partial charge in [-0.2, -0.15) is 0 Å². The molecule has 0 saturated carbocycles. The van der Waals surface area contributed by atoms with Gasteiger partial charge in [-0.1, -0.05) is 12.6 Å². The van der Waals surface area contributed by atoms with Gasteiger partial charge in [-0.25, -0.2) is 4.79 Å². The van der Waals surface area contributed by atoms with Crippen LogP contribution in [-0.2, 0) is 16.1 Å². The molecule has 1 fully saturated rings. The van der Waals surface area contributed by atoms with Crippen LogP contribution >= 0.6 is 0 Å². The Morgan fingerprint density at radius 1 is 1.38 bits per heavy atom. The van der Waals surface area contributed by atoms with E-state index in [9.17, 15) is 14.4 Å². The third-order valence-corrected chi connectivity index (χ3v) is 4.30. The highest BCUT2D eigenvalue weighted by Gasteiger charge is 2.26. The van der Waals surface area contributed by atoms with E-state index < -0.39 is 5.76 Å². The van der Waals surface area contributed by atoms with Crippen LogP contribution in [-0.4, -0.2) is 34.8 Å². The average molecular weight is 329 g/mol. The van der Waals surface area contributed by atoms with Gasteiger partial charge in [0, 0.05) is 25.6 Å². The van der Waals surface area contributed by atoms with Crippen LogP contribution < -0.4 is 11.1 Å². The first kappa shape index (κ1) is 16.0. The normalized spacial score (nSPS) is 15.4. The van der Waals surface area contributed by atoms with Gasteiger partial charge < -0.3 is 14.6 Å². The van der Waals surface area contributed by atoms with Gasteiger partial charge in [0.1, 0.15) is 0 Å². The fourth-order valence-corrected chi connectivity index (χ4v) is 2.93. The summed E-state index contributed by atoms with van der Waals surface area (Å²) >= 11 is 0. The minimum Gasteiger partial charge on any atom is -0.408 e. The van der Waals surface area contributed by atoms with Gasteiger partial charge in [-0.3, -0.25) is 14.6 Å². The fraction of sp³-hybridized carbons (Fsp3) is 0.353. The van der Waals surface area contributed by atoms with Crippen molar-refractivity contribution in [3.63, 3.8) is 0 Å². The molecule has 0 atom stereocenters. The smallest absolute Gasteiger partial charge is 0.408 e. The standard InChI is InChI=1S/C17H19N3O4/c1-2-15(21)20-7-5-12(6-8-20)16(22)18-10-11-3-4-14-13(9-11)19-17(23)24-14/h2-4,9,12H,1,5-8,10H2,(H,18,22)(H,19,23). The van der Waals surface area contributed by atoms with Crippen LogP contribution in [0, 0.1) is 5.92 Å². The maximum atomic E-state index is 12.3. The van der Waals surface area contributed by atoms with Gasteiger partial charge >= 0.3 is 5.76 Å². The first-order chi connectivity index (χ1) is 11.6. The van der Waals surface area contributed by atoms with Crippen molar-refractivity contribution in [1.82, 2.24) is 15.2 Å². The van der Waals surface area contributed by atoms with Crippen molar-refractivity contribution in [2.75, 3.05) is 13.1 Å². The van der Waals surface area contributed by atoms with E-state index in [1.165, 1.54) is 6.08 Å². The number of oxazole rings is 1.